The van der Waals surface area contributed by atoms with E-state index in [1.54, 1.807) is 6.20 Å². The van der Waals surface area contributed by atoms with E-state index in [2.05, 4.69) is 36.4 Å². The second-order valence-corrected chi connectivity index (χ2v) is 7.04. The SMILES string of the molecule is CCNCC1CCN(C(=O)c2cnn(Cc3ccccc3)c2CC)CC1.Cl. The Morgan fingerprint density at radius 3 is 2.52 bits per heavy atom. The molecule has 1 fully saturated rings. The number of aromatic nitrogens is 2. The minimum absolute atomic E-state index is 0. The predicted octanol–water partition coefficient (Wildman–Crippen LogP) is 3.38. The molecule has 0 saturated carbocycles. The Morgan fingerprint density at radius 2 is 1.89 bits per heavy atom. The summed E-state index contributed by atoms with van der Waals surface area (Å²) in [6.07, 6.45) is 4.73. The maximum absolute atomic E-state index is 13.0. The first-order valence-corrected chi connectivity index (χ1v) is 9.81. The Balaban J connectivity index is 0.00000261. The number of benzene rings is 1. The number of hydrogen-bond acceptors (Lipinski definition) is 3. The second-order valence-electron chi connectivity index (χ2n) is 7.04. The van der Waals surface area contributed by atoms with Crippen molar-refractivity contribution >= 4 is 18.3 Å². The molecule has 2 aromatic rings. The topological polar surface area (TPSA) is 50.2 Å². The van der Waals surface area contributed by atoms with Crippen molar-refractivity contribution in [1.29, 1.82) is 0 Å². The molecule has 1 saturated heterocycles. The van der Waals surface area contributed by atoms with Gasteiger partial charge in [0.1, 0.15) is 0 Å². The lowest BCUT2D eigenvalue weighted by Gasteiger charge is -2.32. The van der Waals surface area contributed by atoms with Crippen LogP contribution in [0.3, 0.4) is 0 Å². The molecule has 1 aliphatic heterocycles. The van der Waals surface area contributed by atoms with E-state index in [0.717, 1.165) is 56.7 Å². The maximum atomic E-state index is 13.0. The molecule has 1 amide bonds. The molecule has 2 heterocycles. The first-order valence-electron chi connectivity index (χ1n) is 9.81. The lowest BCUT2D eigenvalue weighted by Crippen LogP contribution is -2.41. The molecule has 1 N–H and O–H groups in total. The van der Waals surface area contributed by atoms with Gasteiger partial charge in [-0.2, -0.15) is 5.10 Å². The monoisotopic (exact) mass is 390 g/mol. The van der Waals surface area contributed by atoms with Gasteiger partial charge in [0.25, 0.3) is 5.91 Å². The van der Waals surface area contributed by atoms with Crippen molar-refractivity contribution in [2.75, 3.05) is 26.2 Å². The normalized spacial score (nSPS) is 14.8. The van der Waals surface area contributed by atoms with Crippen LogP contribution in [0.5, 0.6) is 0 Å². The van der Waals surface area contributed by atoms with Gasteiger partial charge in [0.05, 0.1) is 24.0 Å². The van der Waals surface area contributed by atoms with E-state index in [1.165, 1.54) is 5.56 Å². The third kappa shape index (κ3) is 5.33. The molecule has 0 aliphatic carbocycles. The fraction of sp³-hybridized carbons (Fsp3) is 0.524. The van der Waals surface area contributed by atoms with Gasteiger partial charge in [-0.15, -0.1) is 12.4 Å². The third-order valence-corrected chi connectivity index (χ3v) is 5.27. The molecule has 0 bridgehead atoms. The molecule has 6 heteroatoms. The van der Waals surface area contributed by atoms with Crippen LogP contribution in [0, 0.1) is 5.92 Å². The van der Waals surface area contributed by atoms with Crippen molar-refractivity contribution in [3.05, 3.63) is 53.3 Å². The molecule has 27 heavy (non-hydrogen) atoms. The number of hydrogen-bond donors (Lipinski definition) is 1. The van der Waals surface area contributed by atoms with Crippen LogP contribution < -0.4 is 5.32 Å². The van der Waals surface area contributed by atoms with Gasteiger partial charge in [-0.3, -0.25) is 9.48 Å². The summed E-state index contributed by atoms with van der Waals surface area (Å²) in [6, 6.07) is 10.3. The highest BCUT2D eigenvalue weighted by Crippen LogP contribution is 2.21. The number of rotatable bonds is 7. The van der Waals surface area contributed by atoms with Gasteiger partial charge >= 0.3 is 0 Å². The summed E-state index contributed by atoms with van der Waals surface area (Å²) < 4.78 is 1.97. The molecular weight excluding hydrogens is 360 g/mol. The van der Waals surface area contributed by atoms with E-state index >= 15 is 0 Å². The molecule has 3 rings (SSSR count). The van der Waals surface area contributed by atoms with Crippen molar-refractivity contribution in [3.8, 4) is 0 Å². The summed E-state index contributed by atoms with van der Waals surface area (Å²) in [6.45, 7) is 8.72. The Bertz CT molecular complexity index is 708. The quantitative estimate of drug-likeness (QED) is 0.788. The van der Waals surface area contributed by atoms with Gasteiger partial charge in [0.15, 0.2) is 0 Å². The second kappa shape index (κ2) is 10.5. The van der Waals surface area contributed by atoms with Crippen molar-refractivity contribution < 1.29 is 4.79 Å². The van der Waals surface area contributed by atoms with E-state index < -0.39 is 0 Å². The van der Waals surface area contributed by atoms with Crippen LogP contribution in [-0.2, 0) is 13.0 Å². The highest BCUT2D eigenvalue weighted by Gasteiger charge is 2.26. The van der Waals surface area contributed by atoms with Gasteiger partial charge in [0.2, 0.25) is 0 Å². The van der Waals surface area contributed by atoms with Crippen LogP contribution in [0.15, 0.2) is 36.5 Å². The van der Waals surface area contributed by atoms with E-state index in [-0.39, 0.29) is 18.3 Å². The predicted molar refractivity (Wildman–Crippen MR) is 112 cm³/mol. The molecule has 0 unspecified atom stereocenters. The van der Waals surface area contributed by atoms with Crippen LogP contribution in [0.2, 0.25) is 0 Å². The molecule has 1 aromatic carbocycles. The summed E-state index contributed by atoms with van der Waals surface area (Å²) in [7, 11) is 0. The van der Waals surface area contributed by atoms with Gasteiger partial charge < -0.3 is 10.2 Å². The van der Waals surface area contributed by atoms with E-state index in [0.29, 0.717) is 12.5 Å². The van der Waals surface area contributed by atoms with Crippen molar-refractivity contribution in [3.63, 3.8) is 0 Å². The number of nitrogens with one attached hydrogen (secondary N) is 1. The highest BCUT2D eigenvalue weighted by atomic mass is 35.5. The minimum Gasteiger partial charge on any atom is -0.339 e. The van der Waals surface area contributed by atoms with E-state index in [9.17, 15) is 4.79 Å². The number of amides is 1. The number of piperidine rings is 1. The van der Waals surface area contributed by atoms with E-state index in [1.807, 2.05) is 27.8 Å². The largest absolute Gasteiger partial charge is 0.339 e. The smallest absolute Gasteiger partial charge is 0.257 e. The fourth-order valence-corrected chi connectivity index (χ4v) is 3.71. The third-order valence-electron chi connectivity index (χ3n) is 5.27. The summed E-state index contributed by atoms with van der Waals surface area (Å²) >= 11 is 0. The molecule has 0 atom stereocenters. The van der Waals surface area contributed by atoms with Crippen molar-refractivity contribution in [2.24, 2.45) is 5.92 Å². The van der Waals surface area contributed by atoms with Crippen LogP contribution >= 0.6 is 12.4 Å². The van der Waals surface area contributed by atoms with Crippen molar-refractivity contribution in [1.82, 2.24) is 20.0 Å². The number of nitrogens with zero attached hydrogens (tertiary/aromatic N) is 3. The zero-order valence-corrected chi connectivity index (χ0v) is 17.2. The van der Waals surface area contributed by atoms with Crippen molar-refractivity contribution in [2.45, 2.75) is 39.7 Å². The number of likely N-dealkylation sites (tertiary alicyclic amines) is 1. The average molecular weight is 391 g/mol. The molecule has 5 nitrogen and oxygen atoms in total. The van der Waals surface area contributed by atoms with Crippen LogP contribution in [0.25, 0.3) is 0 Å². The lowest BCUT2D eigenvalue weighted by molar-refractivity contribution is 0.0689. The van der Waals surface area contributed by atoms with Crippen LogP contribution in [-0.4, -0.2) is 46.8 Å². The Morgan fingerprint density at radius 1 is 1.19 bits per heavy atom. The molecule has 1 aliphatic rings. The molecule has 0 spiro atoms. The molecule has 0 radical (unpaired) electrons. The lowest BCUT2D eigenvalue weighted by atomic mass is 9.96. The highest BCUT2D eigenvalue weighted by molar-refractivity contribution is 5.95. The van der Waals surface area contributed by atoms with E-state index in [4.69, 9.17) is 0 Å². The standard InChI is InChI=1S/C21H30N4O.ClH/c1-3-20-19(15-23-25(20)16-18-8-6-5-7-9-18)21(26)24-12-10-17(11-13-24)14-22-4-2;/h5-9,15,17,22H,3-4,10-14,16H2,1-2H3;1H. The fourth-order valence-electron chi connectivity index (χ4n) is 3.71. The molecule has 1 aromatic heterocycles. The number of halogens is 1. The Hall–Kier alpha value is -1.85. The van der Waals surface area contributed by atoms with Gasteiger partial charge in [-0.1, -0.05) is 44.2 Å². The summed E-state index contributed by atoms with van der Waals surface area (Å²) in [5.41, 5.74) is 3.01. The zero-order chi connectivity index (χ0) is 18.4. The van der Waals surface area contributed by atoms with Crippen LogP contribution in [0.4, 0.5) is 0 Å². The van der Waals surface area contributed by atoms with Gasteiger partial charge in [0, 0.05) is 13.1 Å². The number of carbonyl (C=O) groups is 1. The zero-order valence-electron chi connectivity index (χ0n) is 16.4. The Kier molecular flexibility index (Phi) is 8.32. The first kappa shape index (κ1) is 21.5. The summed E-state index contributed by atoms with van der Waals surface area (Å²) in [5, 5.41) is 7.93. The van der Waals surface area contributed by atoms with Gasteiger partial charge in [-0.25, -0.2) is 0 Å². The first-order chi connectivity index (χ1) is 12.7. The summed E-state index contributed by atoms with van der Waals surface area (Å²) in [4.78, 5) is 15.0. The van der Waals surface area contributed by atoms with Crippen LogP contribution in [0.1, 0.15) is 48.3 Å². The average Bonchev–Trinajstić information content (AvgIpc) is 3.09. The summed E-state index contributed by atoms with van der Waals surface area (Å²) in [5.74, 6) is 0.827. The minimum atomic E-state index is 0. The molecule has 148 valence electrons. The molecular formula is C21H31ClN4O. The van der Waals surface area contributed by atoms with Gasteiger partial charge in [-0.05, 0) is 43.8 Å². The maximum Gasteiger partial charge on any atom is 0.257 e. The number of carbonyl (C=O) groups excluding carboxylic acids is 1. The Labute approximate surface area is 168 Å².